The summed E-state index contributed by atoms with van der Waals surface area (Å²) in [6.07, 6.45) is 6.99. The van der Waals surface area contributed by atoms with Gasteiger partial charge in [-0.15, -0.1) is 11.8 Å². The van der Waals surface area contributed by atoms with Crippen LogP contribution in [-0.4, -0.2) is 17.5 Å². The first-order valence-corrected chi connectivity index (χ1v) is 7.55. The first kappa shape index (κ1) is 12.7. The molecule has 2 rings (SSSR count). The Morgan fingerprint density at radius 2 is 2.12 bits per heavy atom. The SMILES string of the molecule is CCCCC1(CC)CSc2ccccc2C=N1. The van der Waals surface area contributed by atoms with Gasteiger partial charge in [0.1, 0.15) is 0 Å². The van der Waals surface area contributed by atoms with Gasteiger partial charge >= 0.3 is 0 Å². The van der Waals surface area contributed by atoms with Gasteiger partial charge in [0.25, 0.3) is 0 Å². The molecule has 1 atom stereocenters. The van der Waals surface area contributed by atoms with Crippen molar-refractivity contribution in [3.05, 3.63) is 29.8 Å². The van der Waals surface area contributed by atoms with Crippen molar-refractivity contribution in [1.82, 2.24) is 0 Å². The molecule has 0 spiro atoms. The number of hydrogen-bond acceptors (Lipinski definition) is 2. The Labute approximate surface area is 109 Å². The zero-order chi connectivity index (χ0) is 12.1. The van der Waals surface area contributed by atoms with Gasteiger partial charge in [-0.25, -0.2) is 0 Å². The predicted octanol–water partition coefficient (Wildman–Crippen LogP) is 4.55. The van der Waals surface area contributed by atoms with Crippen LogP contribution in [0.5, 0.6) is 0 Å². The van der Waals surface area contributed by atoms with Crippen LogP contribution in [0, 0.1) is 0 Å². The Kier molecular flexibility index (Phi) is 4.27. The fraction of sp³-hybridized carbons (Fsp3) is 0.533. The highest BCUT2D eigenvalue weighted by atomic mass is 32.2. The molecule has 1 aliphatic rings. The number of hydrogen-bond donors (Lipinski definition) is 0. The Balaban J connectivity index is 2.20. The lowest BCUT2D eigenvalue weighted by atomic mass is 9.92. The van der Waals surface area contributed by atoms with E-state index in [0.29, 0.717) is 0 Å². The lowest BCUT2D eigenvalue weighted by Crippen LogP contribution is -2.28. The Hall–Kier alpha value is -0.760. The zero-order valence-corrected chi connectivity index (χ0v) is 11.6. The third-order valence-electron chi connectivity index (χ3n) is 3.55. The third-order valence-corrected chi connectivity index (χ3v) is 4.91. The van der Waals surface area contributed by atoms with E-state index in [9.17, 15) is 0 Å². The highest BCUT2D eigenvalue weighted by Crippen LogP contribution is 2.35. The molecule has 1 aliphatic heterocycles. The summed E-state index contributed by atoms with van der Waals surface area (Å²) in [7, 11) is 0. The molecule has 1 heterocycles. The molecular formula is C15H21NS. The number of thioether (sulfide) groups is 1. The maximum Gasteiger partial charge on any atom is 0.0699 e. The topological polar surface area (TPSA) is 12.4 Å². The van der Waals surface area contributed by atoms with E-state index in [1.165, 1.54) is 29.7 Å². The highest BCUT2D eigenvalue weighted by Gasteiger charge is 2.28. The van der Waals surface area contributed by atoms with E-state index in [-0.39, 0.29) is 5.54 Å². The molecule has 0 aromatic heterocycles. The summed E-state index contributed by atoms with van der Waals surface area (Å²) in [4.78, 5) is 6.28. The monoisotopic (exact) mass is 247 g/mol. The van der Waals surface area contributed by atoms with Crippen molar-refractivity contribution in [2.75, 3.05) is 5.75 Å². The number of rotatable bonds is 4. The molecule has 17 heavy (non-hydrogen) atoms. The average molecular weight is 247 g/mol. The molecule has 1 nitrogen and oxygen atoms in total. The van der Waals surface area contributed by atoms with Gasteiger partial charge in [-0.2, -0.15) is 0 Å². The lowest BCUT2D eigenvalue weighted by molar-refractivity contribution is 0.416. The van der Waals surface area contributed by atoms with Gasteiger partial charge in [0, 0.05) is 22.4 Å². The van der Waals surface area contributed by atoms with Gasteiger partial charge in [-0.3, -0.25) is 4.99 Å². The molecule has 0 bridgehead atoms. The van der Waals surface area contributed by atoms with Crippen molar-refractivity contribution in [1.29, 1.82) is 0 Å². The molecule has 0 aliphatic carbocycles. The van der Waals surface area contributed by atoms with Crippen LogP contribution < -0.4 is 0 Å². The molecule has 0 N–H and O–H groups in total. The van der Waals surface area contributed by atoms with Gasteiger partial charge in [-0.1, -0.05) is 44.9 Å². The number of fused-ring (bicyclic) bond motifs is 1. The average Bonchev–Trinajstić information content (AvgIpc) is 2.57. The molecule has 0 saturated heterocycles. The quantitative estimate of drug-likeness (QED) is 0.760. The van der Waals surface area contributed by atoms with Crippen molar-refractivity contribution in [2.24, 2.45) is 4.99 Å². The Morgan fingerprint density at radius 3 is 2.88 bits per heavy atom. The zero-order valence-electron chi connectivity index (χ0n) is 10.8. The van der Waals surface area contributed by atoms with Crippen LogP contribution in [0.4, 0.5) is 0 Å². The van der Waals surface area contributed by atoms with E-state index in [1.807, 2.05) is 11.8 Å². The maximum atomic E-state index is 4.91. The normalized spacial score (nSPS) is 23.2. The molecule has 92 valence electrons. The van der Waals surface area contributed by atoms with Crippen LogP contribution in [-0.2, 0) is 0 Å². The maximum absolute atomic E-state index is 4.91. The third kappa shape index (κ3) is 2.92. The largest absolute Gasteiger partial charge is 0.285 e. The summed E-state index contributed by atoms with van der Waals surface area (Å²) in [6, 6.07) is 8.58. The van der Waals surface area contributed by atoms with E-state index in [4.69, 9.17) is 4.99 Å². The number of nitrogens with zero attached hydrogens (tertiary/aromatic N) is 1. The van der Waals surface area contributed by atoms with Crippen molar-refractivity contribution in [2.45, 2.75) is 50.0 Å². The van der Waals surface area contributed by atoms with Gasteiger partial charge in [0.15, 0.2) is 0 Å². The number of unbranched alkanes of at least 4 members (excludes halogenated alkanes) is 1. The molecule has 0 saturated carbocycles. The summed E-state index contributed by atoms with van der Waals surface area (Å²) < 4.78 is 0. The predicted molar refractivity (Wildman–Crippen MR) is 77.3 cm³/mol. The van der Waals surface area contributed by atoms with E-state index < -0.39 is 0 Å². The van der Waals surface area contributed by atoms with Crippen molar-refractivity contribution in [3.63, 3.8) is 0 Å². The van der Waals surface area contributed by atoms with Gasteiger partial charge in [0.2, 0.25) is 0 Å². The fourth-order valence-corrected chi connectivity index (χ4v) is 3.50. The fourth-order valence-electron chi connectivity index (χ4n) is 2.19. The second-order valence-corrected chi connectivity index (χ2v) is 5.78. The highest BCUT2D eigenvalue weighted by molar-refractivity contribution is 7.99. The van der Waals surface area contributed by atoms with Crippen LogP contribution in [0.2, 0.25) is 0 Å². The summed E-state index contributed by atoms with van der Waals surface area (Å²) in [5, 5.41) is 0. The lowest BCUT2D eigenvalue weighted by Gasteiger charge is -2.27. The summed E-state index contributed by atoms with van der Waals surface area (Å²) in [6.45, 7) is 4.52. The van der Waals surface area contributed by atoms with E-state index in [1.54, 1.807) is 0 Å². The van der Waals surface area contributed by atoms with Crippen molar-refractivity contribution < 1.29 is 0 Å². The van der Waals surface area contributed by atoms with Crippen molar-refractivity contribution in [3.8, 4) is 0 Å². The van der Waals surface area contributed by atoms with Gasteiger partial charge in [-0.05, 0) is 18.9 Å². The first-order chi connectivity index (χ1) is 8.29. The van der Waals surface area contributed by atoms with Crippen LogP contribution in [0.1, 0.15) is 45.1 Å². The summed E-state index contributed by atoms with van der Waals surface area (Å²) in [5.41, 5.74) is 1.45. The van der Waals surface area contributed by atoms with Gasteiger partial charge < -0.3 is 0 Å². The minimum Gasteiger partial charge on any atom is -0.285 e. The van der Waals surface area contributed by atoms with E-state index >= 15 is 0 Å². The summed E-state index contributed by atoms with van der Waals surface area (Å²) in [5.74, 6) is 1.12. The molecule has 0 radical (unpaired) electrons. The molecule has 1 aromatic rings. The van der Waals surface area contributed by atoms with E-state index in [2.05, 4.69) is 44.3 Å². The molecule has 0 fully saturated rings. The van der Waals surface area contributed by atoms with Gasteiger partial charge in [0.05, 0.1) is 5.54 Å². The molecule has 0 amide bonds. The van der Waals surface area contributed by atoms with Crippen LogP contribution in [0.3, 0.4) is 0 Å². The van der Waals surface area contributed by atoms with Crippen molar-refractivity contribution >= 4 is 18.0 Å². The Bertz CT molecular complexity index is 400. The number of aliphatic imine (C=N–C) groups is 1. The first-order valence-electron chi connectivity index (χ1n) is 6.57. The smallest absolute Gasteiger partial charge is 0.0699 e. The molecule has 1 aromatic carbocycles. The second-order valence-electron chi connectivity index (χ2n) is 4.77. The molecule has 1 unspecified atom stereocenters. The summed E-state index contributed by atoms with van der Waals surface area (Å²) >= 11 is 1.97. The van der Waals surface area contributed by atoms with Crippen LogP contribution in [0.25, 0.3) is 0 Å². The van der Waals surface area contributed by atoms with Crippen LogP contribution >= 0.6 is 11.8 Å². The minimum absolute atomic E-state index is 0.166. The van der Waals surface area contributed by atoms with Crippen LogP contribution in [0.15, 0.2) is 34.2 Å². The number of benzene rings is 1. The molecule has 2 heteroatoms. The standard InChI is InChI=1S/C15H21NS/c1-3-5-10-15(4-2)12-17-14-9-7-6-8-13(14)11-16-15/h6-9,11H,3-5,10,12H2,1-2H3. The Morgan fingerprint density at radius 1 is 1.29 bits per heavy atom. The second kappa shape index (κ2) is 5.72. The molecular weight excluding hydrogens is 226 g/mol. The van der Waals surface area contributed by atoms with E-state index in [0.717, 1.165) is 12.2 Å². The minimum atomic E-state index is 0.166.